The zero-order valence-electron chi connectivity index (χ0n) is 16.0. The van der Waals surface area contributed by atoms with Crippen LogP contribution in [0.3, 0.4) is 0 Å². The van der Waals surface area contributed by atoms with Gasteiger partial charge in [0.2, 0.25) is 17.6 Å². The van der Waals surface area contributed by atoms with Crippen LogP contribution in [-0.4, -0.2) is 16.0 Å². The average Bonchev–Trinajstić information content (AvgIpc) is 3.35. The molecule has 152 valence electrons. The number of nitrogens with zero attached hydrogens (tertiary/aromatic N) is 2. The lowest BCUT2D eigenvalue weighted by atomic mass is 10.1. The first kappa shape index (κ1) is 21.0. The van der Waals surface area contributed by atoms with Gasteiger partial charge in [0.25, 0.3) is 0 Å². The first-order chi connectivity index (χ1) is 13.6. The summed E-state index contributed by atoms with van der Waals surface area (Å²) < 4.78 is 18.6. The van der Waals surface area contributed by atoms with Gasteiger partial charge >= 0.3 is 0 Å². The summed E-state index contributed by atoms with van der Waals surface area (Å²) in [7, 11) is 0. The van der Waals surface area contributed by atoms with Crippen LogP contribution in [-0.2, 0) is 30.8 Å². The molecule has 2 N–H and O–H groups in total. The summed E-state index contributed by atoms with van der Waals surface area (Å²) in [6, 6.07) is 10.9. The fraction of sp³-hybridized carbons (Fsp3) is 0.286. The fourth-order valence-corrected chi connectivity index (χ4v) is 3.23. The van der Waals surface area contributed by atoms with Crippen molar-refractivity contribution < 1.29 is 13.7 Å². The van der Waals surface area contributed by atoms with E-state index in [4.69, 9.17) is 4.52 Å². The molecule has 0 fully saturated rings. The summed E-state index contributed by atoms with van der Waals surface area (Å²) >= 11 is 0. The summed E-state index contributed by atoms with van der Waals surface area (Å²) in [4.78, 5) is 16.4. The molecule has 0 atom stereocenters. The molecule has 0 unspecified atom stereocenters. The third-order valence-electron chi connectivity index (χ3n) is 4.84. The lowest BCUT2D eigenvalue weighted by Gasteiger charge is -2.06. The summed E-state index contributed by atoms with van der Waals surface area (Å²) in [6.07, 6.45) is 0.615. The Balaban J connectivity index is 0.00000240. The van der Waals surface area contributed by atoms with Crippen molar-refractivity contribution in [1.29, 1.82) is 0 Å². The molecule has 29 heavy (non-hydrogen) atoms. The minimum absolute atomic E-state index is 0. The van der Waals surface area contributed by atoms with E-state index in [1.807, 2.05) is 6.07 Å². The van der Waals surface area contributed by atoms with E-state index in [0.717, 1.165) is 18.7 Å². The first-order valence-corrected chi connectivity index (χ1v) is 9.26. The molecule has 1 amide bonds. The third kappa shape index (κ3) is 4.99. The van der Waals surface area contributed by atoms with E-state index in [1.54, 1.807) is 19.1 Å². The Kier molecular flexibility index (Phi) is 6.61. The van der Waals surface area contributed by atoms with E-state index in [-0.39, 0.29) is 30.6 Å². The molecule has 0 bridgehead atoms. The van der Waals surface area contributed by atoms with Crippen LogP contribution in [0.25, 0.3) is 11.4 Å². The predicted molar refractivity (Wildman–Crippen MR) is 109 cm³/mol. The van der Waals surface area contributed by atoms with Crippen molar-refractivity contribution in [3.8, 4) is 11.4 Å². The summed E-state index contributed by atoms with van der Waals surface area (Å²) in [5, 5.41) is 10.1. The van der Waals surface area contributed by atoms with Gasteiger partial charge in [-0.3, -0.25) is 4.79 Å². The third-order valence-corrected chi connectivity index (χ3v) is 4.84. The molecular formula is C21H22ClFN4O2. The largest absolute Gasteiger partial charge is 0.352 e. The number of nitrogens with one attached hydrogen (secondary N) is 2. The van der Waals surface area contributed by atoms with Crippen molar-refractivity contribution in [2.24, 2.45) is 0 Å². The first-order valence-electron chi connectivity index (χ1n) is 9.26. The number of hydrogen-bond donors (Lipinski definition) is 2. The number of fused-ring (bicyclic) bond motifs is 1. The standard InChI is InChI=1S/C21H21FN4O2.ClH/c1-13-8-15(4-5-18(13)22)21-25-20(28-26-21)7-6-19(27)24-10-14-2-3-16-11-23-12-17(16)9-14;/h2-5,8-9,23H,6-7,10-12H2,1H3,(H,24,27);1H. The number of benzene rings is 2. The molecule has 8 heteroatoms. The number of aromatic nitrogens is 2. The SMILES string of the molecule is Cc1cc(-c2noc(CCC(=O)NCc3ccc4c(c3)CNC4)n2)ccc1F.Cl. The summed E-state index contributed by atoms with van der Waals surface area (Å²) in [6.45, 7) is 3.97. The van der Waals surface area contributed by atoms with Crippen LogP contribution in [0.5, 0.6) is 0 Å². The minimum Gasteiger partial charge on any atom is -0.352 e. The van der Waals surface area contributed by atoms with Crippen molar-refractivity contribution >= 4 is 18.3 Å². The fourth-order valence-electron chi connectivity index (χ4n) is 3.23. The number of amides is 1. The minimum atomic E-state index is -0.274. The second-order valence-electron chi connectivity index (χ2n) is 6.96. The second-order valence-corrected chi connectivity index (χ2v) is 6.96. The molecule has 2 heterocycles. The highest BCUT2D eigenvalue weighted by atomic mass is 35.5. The van der Waals surface area contributed by atoms with Gasteiger partial charge in [0.1, 0.15) is 5.82 Å². The number of aryl methyl sites for hydroxylation is 2. The number of carbonyl (C=O) groups excluding carboxylic acids is 1. The summed E-state index contributed by atoms with van der Waals surface area (Å²) in [5.74, 6) is 0.431. The number of rotatable bonds is 6. The maximum absolute atomic E-state index is 13.4. The molecule has 0 spiro atoms. The Morgan fingerprint density at radius 1 is 1.21 bits per heavy atom. The average molecular weight is 417 g/mol. The van der Waals surface area contributed by atoms with Crippen LogP contribution < -0.4 is 10.6 Å². The van der Waals surface area contributed by atoms with Crippen LogP contribution in [0.2, 0.25) is 0 Å². The van der Waals surface area contributed by atoms with Crippen molar-refractivity contribution in [2.75, 3.05) is 0 Å². The van der Waals surface area contributed by atoms with Gasteiger partial charge in [-0.1, -0.05) is 23.4 Å². The normalized spacial score (nSPS) is 12.3. The quantitative estimate of drug-likeness (QED) is 0.643. The van der Waals surface area contributed by atoms with Crippen LogP contribution in [0.15, 0.2) is 40.9 Å². The van der Waals surface area contributed by atoms with E-state index in [1.165, 1.54) is 17.2 Å². The molecule has 0 radical (unpaired) electrons. The Morgan fingerprint density at radius 3 is 2.86 bits per heavy atom. The Bertz CT molecular complexity index is 1020. The maximum atomic E-state index is 13.4. The predicted octanol–water partition coefficient (Wildman–Crippen LogP) is 3.46. The molecular weight excluding hydrogens is 395 g/mol. The van der Waals surface area contributed by atoms with E-state index in [9.17, 15) is 9.18 Å². The lowest BCUT2D eigenvalue weighted by Crippen LogP contribution is -2.23. The van der Waals surface area contributed by atoms with Crippen LogP contribution >= 0.6 is 12.4 Å². The van der Waals surface area contributed by atoms with Gasteiger partial charge in [0.05, 0.1) is 0 Å². The lowest BCUT2D eigenvalue weighted by molar-refractivity contribution is -0.121. The molecule has 4 rings (SSSR count). The van der Waals surface area contributed by atoms with E-state index in [0.29, 0.717) is 35.8 Å². The number of carbonyl (C=O) groups is 1. The molecule has 1 aliphatic rings. The Hall–Kier alpha value is -2.77. The maximum Gasteiger partial charge on any atom is 0.227 e. The highest BCUT2D eigenvalue weighted by Crippen LogP contribution is 2.20. The molecule has 2 aromatic carbocycles. The zero-order chi connectivity index (χ0) is 19.5. The molecule has 6 nitrogen and oxygen atoms in total. The smallest absolute Gasteiger partial charge is 0.227 e. The second kappa shape index (κ2) is 9.15. The molecule has 1 aliphatic heterocycles. The van der Waals surface area contributed by atoms with Crippen LogP contribution in [0, 0.1) is 12.7 Å². The number of hydrogen-bond acceptors (Lipinski definition) is 5. The molecule has 3 aromatic rings. The van der Waals surface area contributed by atoms with Gasteiger partial charge in [0.15, 0.2) is 0 Å². The van der Waals surface area contributed by atoms with Crippen LogP contribution in [0.4, 0.5) is 4.39 Å². The number of halogens is 2. The highest BCUT2D eigenvalue weighted by molar-refractivity contribution is 5.85. The van der Waals surface area contributed by atoms with Crippen molar-refractivity contribution in [1.82, 2.24) is 20.8 Å². The topological polar surface area (TPSA) is 80.0 Å². The van der Waals surface area contributed by atoms with Gasteiger partial charge in [-0.15, -0.1) is 12.4 Å². The molecule has 0 saturated carbocycles. The van der Waals surface area contributed by atoms with Gasteiger partial charge in [-0.2, -0.15) is 4.98 Å². The Labute approximate surface area is 174 Å². The van der Waals surface area contributed by atoms with Gasteiger partial charge in [-0.25, -0.2) is 4.39 Å². The highest BCUT2D eigenvalue weighted by Gasteiger charge is 2.13. The van der Waals surface area contributed by atoms with Gasteiger partial charge in [0, 0.05) is 38.0 Å². The van der Waals surface area contributed by atoms with Gasteiger partial charge < -0.3 is 15.2 Å². The van der Waals surface area contributed by atoms with Crippen molar-refractivity contribution in [2.45, 2.75) is 39.4 Å². The van der Waals surface area contributed by atoms with E-state index in [2.05, 4.69) is 32.9 Å². The monoisotopic (exact) mass is 416 g/mol. The van der Waals surface area contributed by atoms with Crippen LogP contribution in [0.1, 0.15) is 34.6 Å². The van der Waals surface area contributed by atoms with Crippen molar-refractivity contribution in [3.05, 3.63) is 70.4 Å². The van der Waals surface area contributed by atoms with Crippen molar-refractivity contribution in [3.63, 3.8) is 0 Å². The molecule has 0 aliphatic carbocycles. The summed E-state index contributed by atoms with van der Waals surface area (Å²) in [5.41, 5.74) is 4.90. The molecule has 0 saturated heterocycles. The zero-order valence-corrected chi connectivity index (χ0v) is 16.8. The molecule has 1 aromatic heterocycles. The van der Waals surface area contributed by atoms with Gasteiger partial charge in [-0.05, 0) is 47.4 Å². The van der Waals surface area contributed by atoms with E-state index < -0.39 is 0 Å². The Morgan fingerprint density at radius 2 is 2.03 bits per heavy atom. The van der Waals surface area contributed by atoms with E-state index >= 15 is 0 Å².